The lowest BCUT2D eigenvalue weighted by Crippen LogP contribution is -2.50. The zero-order valence-corrected chi connectivity index (χ0v) is 20.8. The zero-order valence-electron chi connectivity index (χ0n) is 20.8. The summed E-state index contributed by atoms with van der Waals surface area (Å²) in [7, 11) is 0. The van der Waals surface area contributed by atoms with Gasteiger partial charge in [-0.25, -0.2) is 0 Å². The maximum Gasteiger partial charge on any atom is 0.267 e. The van der Waals surface area contributed by atoms with E-state index in [0.29, 0.717) is 23.7 Å². The third-order valence-corrected chi connectivity index (χ3v) is 9.02. The number of nitrogens with one attached hydrogen (secondary N) is 2. The van der Waals surface area contributed by atoms with Gasteiger partial charge in [0.15, 0.2) is 0 Å². The summed E-state index contributed by atoms with van der Waals surface area (Å²) < 4.78 is 6.09. The van der Waals surface area contributed by atoms with E-state index >= 15 is 0 Å². The molecule has 1 aromatic heterocycles. The van der Waals surface area contributed by atoms with Crippen molar-refractivity contribution in [2.24, 2.45) is 5.92 Å². The Morgan fingerprint density at radius 2 is 1.83 bits per heavy atom. The Morgan fingerprint density at radius 1 is 1.06 bits per heavy atom. The fraction of sp³-hybridized carbons (Fsp3) is 0.679. The number of fused-ring (bicyclic) bond motifs is 3. The standard InChI is InChI=1S/C28H40N4O3/c33-23-15-21-7-8-22(16-23)32(21)14-13-31-11-9-20(10-12-31)29-28(34)26-17-24-25(30-26)5-2-6-27(24)35-18-19-3-1-4-19/h2,5-6,17,19-23,30,33H,1,3-4,7-16,18H2,(H,29,34)/t21-,22+,23+. The summed E-state index contributed by atoms with van der Waals surface area (Å²) in [6.07, 6.45) is 10.1. The molecule has 7 nitrogen and oxygen atoms in total. The van der Waals surface area contributed by atoms with Gasteiger partial charge in [-0.1, -0.05) is 12.5 Å². The Hall–Kier alpha value is -2.09. The van der Waals surface area contributed by atoms with Crippen molar-refractivity contribution in [3.8, 4) is 5.75 Å². The van der Waals surface area contributed by atoms with Crippen molar-refractivity contribution in [1.29, 1.82) is 0 Å². The van der Waals surface area contributed by atoms with Crippen molar-refractivity contribution in [2.75, 3.05) is 32.8 Å². The van der Waals surface area contributed by atoms with Crippen LogP contribution in [0.1, 0.15) is 68.3 Å². The van der Waals surface area contributed by atoms with Crippen molar-refractivity contribution >= 4 is 16.8 Å². The Labute approximate surface area is 208 Å². The van der Waals surface area contributed by atoms with Gasteiger partial charge in [0.1, 0.15) is 11.4 Å². The van der Waals surface area contributed by atoms with E-state index < -0.39 is 0 Å². The summed E-state index contributed by atoms with van der Waals surface area (Å²) in [5, 5.41) is 14.3. The van der Waals surface area contributed by atoms with Gasteiger partial charge in [0.05, 0.1) is 12.7 Å². The van der Waals surface area contributed by atoms with Gasteiger partial charge in [0, 0.05) is 55.2 Å². The fourth-order valence-electron chi connectivity index (χ4n) is 6.67. The molecule has 3 atom stereocenters. The molecule has 6 rings (SSSR count). The Balaban J connectivity index is 0.982. The Morgan fingerprint density at radius 3 is 2.54 bits per heavy atom. The molecule has 3 saturated heterocycles. The van der Waals surface area contributed by atoms with E-state index in [1.165, 1.54) is 32.1 Å². The molecule has 4 heterocycles. The van der Waals surface area contributed by atoms with E-state index in [0.717, 1.165) is 75.1 Å². The summed E-state index contributed by atoms with van der Waals surface area (Å²) in [4.78, 5) is 21.5. The van der Waals surface area contributed by atoms with Crippen LogP contribution in [0.15, 0.2) is 24.3 Å². The zero-order chi connectivity index (χ0) is 23.8. The van der Waals surface area contributed by atoms with Crippen molar-refractivity contribution in [3.63, 3.8) is 0 Å². The van der Waals surface area contributed by atoms with Crippen LogP contribution in [0.2, 0.25) is 0 Å². The first kappa shape index (κ1) is 23.3. The molecule has 1 aliphatic carbocycles. The maximum atomic E-state index is 13.0. The quantitative estimate of drug-likeness (QED) is 0.539. The minimum Gasteiger partial charge on any atom is -0.493 e. The van der Waals surface area contributed by atoms with Crippen LogP contribution in [0.25, 0.3) is 10.9 Å². The lowest BCUT2D eigenvalue weighted by molar-refractivity contribution is 0.0284. The molecule has 0 spiro atoms. The number of ether oxygens (including phenoxy) is 1. The average molecular weight is 481 g/mol. The normalized spacial score (nSPS) is 28.3. The van der Waals surface area contributed by atoms with Gasteiger partial charge in [-0.15, -0.1) is 0 Å². The SMILES string of the molecule is O=C(NC1CCN(CCN2[C@@H]3CC[C@H]2C[C@@H](O)C3)CC1)c1cc2c(OCC3CCC3)cccc2[nH]1. The van der Waals surface area contributed by atoms with E-state index in [1.807, 2.05) is 24.3 Å². The minimum atomic E-state index is -0.0909. The number of aromatic amines is 1. The summed E-state index contributed by atoms with van der Waals surface area (Å²) in [6, 6.07) is 9.34. The largest absolute Gasteiger partial charge is 0.493 e. The number of aliphatic hydroxyl groups excluding tert-OH is 1. The van der Waals surface area contributed by atoms with Crippen LogP contribution >= 0.6 is 0 Å². The number of aromatic nitrogens is 1. The molecule has 0 unspecified atom stereocenters. The van der Waals surface area contributed by atoms with Gasteiger partial charge in [-0.2, -0.15) is 0 Å². The molecule has 35 heavy (non-hydrogen) atoms. The minimum absolute atomic E-state index is 0.0203. The van der Waals surface area contributed by atoms with E-state index in [-0.39, 0.29) is 18.1 Å². The van der Waals surface area contributed by atoms with Crippen molar-refractivity contribution < 1.29 is 14.6 Å². The molecule has 190 valence electrons. The number of amides is 1. The van der Waals surface area contributed by atoms with Crippen LogP contribution in [-0.4, -0.2) is 82.8 Å². The fourth-order valence-corrected chi connectivity index (χ4v) is 6.67. The summed E-state index contributed by atoms with van der Waals surface area (Å²) in [5.41, 5.74) is 1.57. The van der Waals surface area contributed by atoms with Crippen LogP contribution in [0, 0.1) is 5.92 Å². The van der Waals surface area contributed by atoms with E-state index in [4.69, 9.17) is 4.74 Å². The summed E-state index contributed by atoms with van der Waals surface area (Å²) in [5.74, 6) is 1.53. The first-order chi connectivity index (χ1) is 17.1. The number of hydrogen-bond donors (Lipinski definition) is 3. The van der Waals surface area contributed by atoms with E-state index in [1.54, 1.807) is 0 Å². The Kier molecular flexibility index (Phi) is 6.74. The number of likely N-dealkylation sites (tertiary alicyclic amines) is 1. The first-order valence-electron chi connectivity index (χ1n) is 13.8. The molecule has 3 N–H and O–H groups in total. The smallest absolute Gasteiger partial charge is 0.267 e. The second kappa shape index (κ2) is 10.1. The van der Waals surface area contributed by atoms with Crippen molar-refractivity contribution in [2.45, 2.75) is 82.0 Å². The van der Waals surface area contributed by atoms with Crippen molar-refractivity contribution in [1.82, 2.24) is 20.1 Å². The van der Waals surface area contributed by atoms with Crippen LogP contribution in [0.5, 0.6) is 5.75 Å². The van der Waals surface area contributed by atoms with Crippen LogP contribution < -0.4 is 10.1 Å². The van der Waals surface area contributed by atoms with Gasteiger partial charge in [0.25, 0.3) is 5.91 Å². The predicted molar refractivity (Wildman–Crippen MR) is 137 cm³/mol. The molecule has 2 aromatic rings. The highest BCUT2D eigenvalue weighted by Gasteiger charge is 2.40. The molecule has 1 aromatic carbocycles. The summed E-state index contributed by atoms with van der Waals surface area (Å²) >= 11 is 0. The maximum absolute atomic E-state index is 13.0. The second-order valence-corrected chi connectivity index (χ2v) is 11.3. The number of carbonyl (C=O) groups excluding carboxylic acids is 1. The lowest BCUT2D eigenvalue weighted by Gasteiger charge is -2.39. The molecule has 4 fully saturated rings. The monoisotopic (exact) mass is 480 g/mol. The molecule has 3 aliphatic heterocycles. The summed E-state index contributed by atoms with van der Waals surface area (Å²) in [6.45, 7) is 5.03. The molecule has 1 amide bonds. The molecule has 1 saturated carbocycles. The number of H-pyrrole nitrogens is 1. The number of piperidine rings is 2. The highest BCUT2D eigenvalue weighted by molar-refractivity contribution is 5.99. The van der Waals surface area contributed by atoms with Gasteiger partial charge < -0.3 is 25.0 Å². The predicted octanol–water partition coefficient (Wildman–Crippen LogP) is 3.53. The van der Waals surface area contributed by atoms with Gasteiger partial charge in [0.2, 0.25) is 0 Å². The molecular weight excluding hydrogens is 440 g/mol. The Bertz CT molecular complexity index is 1010. The number of rotatable bonds is 8. The number of nitrogens with zero attached hydrogens (tertiary/aromatic N) is 2. The second-order valence-electron chi connectivity index (χ2n) is 11.3. The number of aliphatic hydroxyl groups is 1. The first-order valence-corrected chi connectivity index (χ1v) is 13.8. The highest BCUT2D eigenvalue weighted by atomic mass is 16.5. The lowest BCUT2D eigenvalue weighted by atomic mass is 9.86. The molecule has 2 bridgehead atoms. The van der Waals surface area contributed by atoms with Crippen molar-refractivity contribution in [3.05, 3.63) is 30.0 Å². The van der Waals surface area contributed by atoms with E-state index in [2.05, 4.69) is 20.1 Å². The molecular formula is C28H40N4O3. The highest BCUT2D eigenvalue weighted by Crippen LogP contribution is 2.35. The van der Waals surface area contributed by atoms with Gasteiger partial charge in [-0.3, -0.25) is 9.69 Å². The third-order valence-electron chi connectivity index (χ3n) is 9.02. The van der Waals surface area contributed by atoms with Gasteiger partial charge >= 0.3 is 0 Å². The molecule has 7 heteroatoms. The van der Waals surface area contributed by atoms with Crippen LogP contribution in [0.3, 0.4) is 0 Å². The van der Waals surface area contributed by atoms with Crippen LogP contribution in [-0.2, 0) is 0 Å². The topological polar surface area (TPSA) is 80.8 Å². The number of carbonyl (C=O) groups is 1. The molecule has 4 aliphatic rings. The van der Waals surface area contributed by atoms with Gasteiger partial charge in [-0.05, 0) is 75.5 Å². The van der Waals surface area contributed by atoms with E-state index in [9.17, 15) is 9.90 Å². The van der Waals surface area contributed by atoms with Crippen LogP contribution in [0.4, 0.5) is 0 Å². The molecule has 0 radical (unpaired) electrons. The number of hydrogen-bond acceptors (Lipinski definition) is 5. The number of benzene rings is 1. The third kappa shape index (κ3) is 5.09. The average Bonchev–Trinajstić information content (AvgIpc) is 3.37.